The number of halogens is 2. The van der Waals surface area contributed by atoms with E-state index in [1.54, 1.807) is 18.2 Å². The molecular weight excluding hydrogens is 274 g/mol. The van der Waals surface area contributed by atoms with Crippen molar-refractivity contribution in [3.8, 4) is 5.75 Å². The third kappa shape index (κ3) is 4.23. The molecule has 2 aromatic rings. The van der Waals surface area contributed by atoms with E-state index >= 15 is 0 Å². The minimum atomic E-state index is -2.86. The van der Waals surface area contributed by atoms with Gasteiger partial charge in [-0.05, 0) is 24.1 Å². The number of para-hydroxylation sites is 1. The Morgan fingerprint density at radius 3 is 2.57 bits per heavy atom. The average Bonchev–Trinajstić information content (AvgIpc) is 2.48. The first-order valence-corrected chi connectivity index (χ1v) is 6.83. The first-order chi connectivity index (χ1) is 10.1. The number of hydrogen-bond donors (Lipinski definition) is 1. The summed E-state index contributed by atoms with van der Waals surface area (Å²) >= 11 is 0. The zero-order chi connectivity index (χ0) is 15.2. The van der Waals surface area contributed by atoms with E-state index in [4.69, 9.17) is 5.73 Å². The number of aryl methyl sites for hydroxylation is 1. The van der Waals surface area contributed by atoms with E-state index < -0.39 is 12.7 Å². The number of nitrogens with zero attached hydrogens (tertiary/aromatic N) is 1. The average molecular weight is 292 g/mol. The number of pyridine rings is 1. The van der Waals surface area contributed by atoms with Gasteiger partial charge >= 0.3 is 6.61 Å². The van der Waals surface area contributed by atoms with Crippen LogP contribution in [-0.2, 0) is 12.8 Å². The molecule has 21 heavy (non-hydrogen) atoms. The molecule has 112 valence electrons. The van der Waals surface area contributed by atoms with Crippen LogP contribution in [0.2, 0.25) is 0 Å². The Hall–Kier alpha value is -2.01. The van der Waals surface area contributed by atoms with Crippen molar-refractivity contribution in [3.63, 3.8) is 0 Å². The first-order valence-electron chi connectivity index (χ1n) is 6.83. The molecule has 1 atom stereocenters. The minimum Gasteiger partial charge on any atom is -0.434 e. The lowest BCUT2D eigenvalue weighted by atomic mass is 10.0. The predicted molar refractivity (Wildman–Crippen MR) is 77.3 cm³/mol. The quantitative estimate of drug-likeness (QED) is 0.886. The fraction of sp³-hybridized carbons (Fsp3) is 0.312. The molecule has 0 aliphatic carbocycles. The van der Waals surface area contributed by atoms with E-state index in [1.807, 2.05) is 18.3 Å². The van der Waals surface area contributed by atoms with Gasteiger partial charge in [0.2, 0.25) is 0 Å². The van der Waals surface area contributed by atoms with E-state index in [2.05, 4.69) is 16.6 Å². The van der Waals surface area contributed by atoms with Crippen LogP contribution in [0, 0.1) is 0 Å². The highest BCUT2D eigenvalue weighted by Crippen LogP contribution is 2.27. The zero-order valence-corrected chi connectivity index (χ0v) is 11.8. The Kier molecular flexibility index (Phi) is 5.22. The van der Waals surface area contributed by atoms with Gasteiger partial charge in [-0.2, -0.15) is 8.78 Å². The summed E-state index contributed by atoms with van der Waals surface area (Å²) in [6.07, 6.45) is 3.20. The molecule has 2 rings (SSSR count). The second-order valence-corrected chi connectivity index (χ2v) is 4.74. The van der Waals surface area contributed by atoms with Crippen LogP contribution in [-0.4, -0.2) is 11.6 Å². The largest absolute Gasteiger partial charge is 0.434 e. The molecule has 1 unspecified atom stereocenters. The lowest BCUT2D eigenvalue weighted by molar-refractivity contribution is -0.0506. The number of rotatable bonds is 6. The Morgan fingerprint density at radius 1 is 1.19 bits per heavy atom. The second kappa shape index (κ2) is 7.13. The van der Waals surface area contributed by atoms with Crippen molar-refractivity contribution in [2.45, 2.75) is 32.4 Å². The van der Waals surface area contributed by atoms with Crippen molar-refractivity contribution in [1.29, 1.82) is 0 Å². The highest BCUT2D eigenvalue weighted by molar-refractivity contribution is 5.36. The van der Waals surface area contributed by atoms with Crippen molar-refractivity contribution in [1.82, 2.24) is 4.98 Å². The van der Waals surface area contributed by atoms with Crippen LogP contribution in [0.25, 0.3) is 0 Å². The number of benzene rings is 1. The summed E-state index contributed by atoms with van der Waals surface area (Å²) in [4.78, 5) is 4.34. The molecule has 0 fully saturated rings. The van der Waals surface area contributed by atoms with Gasteiger partial charge in [-0.1, -0.05) is 31.2 Å². The third-order valence-electron chi connectivity index (χ3n) is 3.26. The number of alkyl halides is 2. The van der Waals surface area contributed by atoms with Gasteiger partial charge < -0.3 is 10.5 Å². The molecule has 0 amide bonds. The Labute approximate surface area is 122 Å². The van der Waals surface area contributed by atoms with Crippen molar-refractivity contribution in [2.24, 2.45) is 5.73 Å². The van der Waals surface area contributed by atoms with Gasteiger partial charge in [0.1, 0.15) is 5.75 Å². The number of aromatic nitrogens is 1. The smallest absolute Gasteiger partial charge is 0.387 e. The lowest BCUT2D eigenvalue weighted by Gasteiger charge is -2.16. The summed E-state index contributed by atoms with van der Waals surface area (Å²) in [5, 5.41) is 0. The number of ether oxygens (including phenoxy) is 1. The molecule has 0 saturated heterocycles. The predicted octanol–water partition coefficient (Wildman–Crippen LogP) is 3.49. The van der Waals surface area contributed by atoms with E-state index in [-0.39, 0.29) is 5.75 Å². The maximum Gasteiger partial charge on any atom is 0.387 e. The molecule has 2 N–H and O–H groups in total. The normalized spacial score (nSPS) is 12.4. The minimum absolute atomic E-state index is 0.116. The van der Waals surface area contributed by atoms with Gasteiger partial charge in [-0.3, -0.25) is 4.98 Å². The highest BCUT2D eigenvalue weighted by Gasteiger charge is 2.15. The van der Waals surface area contributed by atoms with Gasteiger partial charge in [-0.25, -0.2) is 0 Å². The molecule has 5 heteroatoms. The Morgan fingerprint density at radius 2 is 1.95 bits per heavy atom. The molecular formula is C16H18F2N2O. The van der Waals surface area contributed by atoms with Crippen LogP contribution in [0.3, 0.4) is 0 Å². The third-order valence-corrected chi connectivity index (χ3v) is 3.26. The molecule has 0 aliphatic rings. The van der Waals surface area contributed by atoms with E-state index in [9.17, 15) is 8.78 Å². The SMILES string of the molecule is CCc1ccc(CC(N)c2ccccc2OC(F)F)nc1. The number of hydrogen-bond acceptors (Lipinski definition) is 3. The van der Waals surface area contributed by atoms with Crippen LogP contribution < -0.4 is 10.5 Å². The van der Waals surface area contributed by atoms with E-state index in [0.717, 1.165) is 17.7 Å². The maximum atomic E-state index is 12.4. The van der Waals surface area contributed by atoms with Gasteiger partial charge in [0.25, 0.3) is 0 Å². The van der Waals surface area contributed by atoms with Gasteiger partial charge in [0, 0.05) is 29.9 Å². The highest BCUT2D eigenvalue weighted by atomic mass is 19.3. The van der Waals surface area contributed by atoms with E-state index in [1.165, 1.54) is 6.07 Å². The molecule has 1 aromatic carbocycles. The molecule has 0 bridgehead atoms. The van der Waals surface area contributed by atoms with Crippen molar-refractivity contribution in [3.05, 3.63) is 59.4 Å². The molecule has 3 nitrogen and oxygen atoms in total. The van der Waals surface area contributed by atoms with Crippen LogP contribution in [0.4, 0.5) is 8.78 Å². The lowest BCUT2D eigenvalue weighted by Crippen LogP contribution is -2.16. The summed E-state index contributed by atoms with van der Waals surface area (Å²) in [5.41, 5.74) is 8.64. The monoisotopic (exact) mass is 292 g/mol. The molecule has 0 radical (unpaired) electrons. The summed E-state index contributed by atoms with van der Waals surface area (Å²) in [7, 11) is 0. The van der Waals surface area contributed by atoms with Crippen molar-refractivity contribution >= 4 is 0 Å². The molecule has 0 spiro atoms. The van der Waals surface area contributed by atoms with Crippen LogP contribution in [0.5, 0.6) is 5.75 Å². The fourth-order valence-corrected chi connectivity index (χ4v) is 2.11. The van der Waals surface area contributed by atoms with Crippen LogP contribution in [0.1, 0.15) is 29.8 Å². The van der Waals surface area contributed by atoms with Crippen molar-refractivity contribution in [2.75, 3.05) is 0 Å². The first kappa shape index (κ1) is 15.4. The zero-order valence-electron chi connectivity index (χ0n) is 11.8. The van der Waals surface area contributed by atoms with Gasteiger partial charge in [-0.15, -0.1) is 0 Å². The van der Waals surface area contributed by atoms with Crippen LogP contribution in [0.15, 0.2) is 42.6 Å². The van der Waals surface area contributed by atoms with Gasteiger partial charge in [0.15, 0.2) is 0 Å². The Bertz CT molecular complexity index is 573. The fourth-order valence-electron chi connectivity index (χ4n) is 2.11. The summed E-state index contributed by atoms with van der Waals surface area (Å²) in [6.45, 7) is -0.805. The topological polar surface area (TPSA) is 48.1 Å². The van der Waals surface area contributed by atoms with Gasteiger partial charge in [0.05, 0.1) is 0 Å². The molecule has 1 heterocycles. The van der Waals surface area contributed by atoms with Crippen molar-refractivity contribution < 1.29 is 13.5 Å². The number of nitrogens with two attached hydrogens (primary N) is 1. The summed E-state index contributed by atoms with van der Waals surface area (Å²) < 4.78 is 29.3. The van der Waals surface area contributed by atoms with Crippen LogP contribution >= 0.6 is 0 Å². The maximum absolute atomic E-state index is 12.4. The second-order valence-electron chi connectivity index (χ2n) is 4.74. The molecule has 0 aliphatic heterocycles. The van der Waals surface area contributed by atoms with E-state index in [0.29, 0.717) is 12.0 Å². The molecule has 0 saturated carbocycles. The summed E-state index contributed by atoms with van der Waals surface area (Å²) in [6, 6.07) is 10.0. The molecule has 1 aromatic heterocycles. The summed E-state index contributed by atoms with van der Waals surface area (Å²) in [5.74, 6) is 0.116. The Balaban J connectivity index is 2.13. The standard InChI is InChI=1S/C16H18F2N2O/c1-2-11-7-8-12(20-10-11)9-14(19)13-5-3-4-6-15(13)21-16(17)18/h3-8,10,14,16H,2,9,19H2,1H3.